The molecule has 0 aliphatic heterocycles. The van der Waals surface area contributed by atoms with Crippen LogP contribution >= 0.6 is 0 Å². The molecular weight excluding hydrogens is 281 g/mol. The van der Waals surface area contributed by atoms with Gasteiger partial charge in [0, 0.05) is 37.6 Å². The molecule has 2 N–H and O–H groups in total. The van der Waals surface area contributed by atoms with Crippen LogP contribution in [0, 0.1) is 0 Å². The second-order valence-electron chi connectivity index (χ2n) is 0.415. The van der Waals surface area contributed by atoms with Crippen LogP contribution in [0.1, 0.15) is 1.43 Å². The fourth-order valence-electron chi connectivity index (χ4n) is 0. The first-order valence-electron chi connectivity index (χ1n) is 0.647. The van der Waals surface area contributed by atoms with Gasteiger partial charge in [-0.15, -0.1) is 0 Å². The predicted octanol–water partition coefficient (Wildman–Crippen LogP) is -4.24. The van der Waals surface area contributed by atoms with Gasteiger partial charge in [-0.25, -0.2) is 0 Å². The van der Waals surface area contributed by atoms with Crippen LogP contribution in [0.15, 0.2) is 0 Å². The van der Waals surface area contributed by atoms with Gasteiger partial charge in [0.2, 0.25) is 0 Å². The summed E-state index contributed by atoms with van der Waals surface area (Å²) >= 11 is -5.12. The van der Waals surface area contributed by atoms with Crippen molar-refractivity contribution < 1.29 is 87.3 Å². The van der Waals surface area contributed by atoms with E-state index in [2.05, 4.69) is 0 Å². The van der Waals surface area contributed by atoms with Crippen molar-refractivity contribution in [2.24, 2.45) is 0 Å². The van der Waals surface area contributed by atoms with Crippen LogP contribution in [-0.2, 0) is 58.6 Å². The van der Waals surface area contributed by atoms with Crippen molar-refractivity contribution in [3.05, 3.63) is 0 Å². The third kappa shape index (κ3) is 110. The fraction of sp³-hybridized carbons (Fsp3) is 0. The van der Waals surface area contributed by atoms with Gasteiger partial charge in [0.25, 0.3) is 0 Å². The molecule has 0 saturated heterocycles. The zero-order valence-electron chi connectivity index (χ0n) is 4.81. The Morgan fingerprint density at radius 3 is 1.25 bits per heavy atom. The molecule has 0 heterocycles. The van der Waals surface area contributed by atoms with Crippen molar-refractivity contribution >= 4 is 0 Å². The van der Waals surface area contributed by atoms with Gasteiger partial charge in [0.1, 0.15) is 0 Å². The summed E-state index contributed by atoms with van der Waals surface area (Å²) in [5.41, 5.74) is 0. The van der Waals surface area contributed by atoms with Gasteiger partial charge in [-0.2, -0.15) is 0 Å². The van der Waals surface area contributed by atoms with Gasteiger partial charge in [-0.3, -0.25) is 0 Å². The van der Waals surface area contributed by atoms with E-state index in [1.807, 2.05) is 0 Å². The quantitative estimate of drug-likeness (QED) is 0.442. The fourth-order valence-corrected chi connectivity index (χ4v) is 0. The van der Waals surface area contributed by atoms with Crippen LogP contribution in [0.4, 0.5) is 0 Å². The van der Waals surface area contributed by atoms with Gasteiger partial charge >= 0.3 is 48.3 Å². The molecule has 0 radical (unpaired) electrons. The molecule has 0 aliphatic carbocycles. The normalized spacial score (nSPS) is 7.25. The third-order valence-corrected chi connectivity index (χ3v) is 0. The standard InChI is InChI=1S/Li.Mn.Mo.Ni.2H2O.2O.H/h;;;;2*1H2;;;/q+1;+2;;;;;;;-1/p-2. The van der Waals surface area contributed by atoms with Crippen molar-refractivity contribution in [1.29, 1.82) is 0 Å². The molecular formula is H3LiMnMoNiO4. The van der Waals surface area contributed by atoms with E-state index in [0.717, 1.165) is 0 Å². The Kier molecular flexibility index (Phi) is 24.9. The van der Waals surface area contributed by atoms with E-state index in [4.69, 9.17) is 16.0 Å². The van der Waals surface area contributed by atoms with Crippen molar-refractivity contribution in [3.8, 4) is 0 Å². The van der Waals surface area contributed by atoms with Crippen LogP contribution in [0.2, 0.25) is 0 Å². The van der Waals surface area contributed by atoms with Gasteiger partial charge in [0.05, 0.1) is 0 Å². The van der Waals surface area contributed by atoms with E-state index in [1.54, 1.807) is 0 Å². The second-order valence-corrected chi connectivity index (χ2v) is 1.71. The first-order valence-corrected chi connectivity index (χ1v) is 2.67. The first kappa shape index (κ1) is 22.6. The molecule has 0 rings (SSSR count). The minimum absolute atomic E-state index is 0. The van der Waals surface area contributed by atoms with Crippen LogP contribution in [0.5, 0.6) is 0 Å². The summed E-state index contributed by atoms with van der Waals surface area (Å²) < 4.78 is 31.8. The van der Waals surface area contributed by atoms with Crippen LogP contribution in [-0.4, -0.2) is 8.38 Å². The van der Waals surface area contributed by atoms with Gasteiger partial charge < -0.3 is 1.43 Å². The molecule has 8 heteroatoms. The Labute approximate surface area is 86.5 Å². The molecule has 0 aromatic heterocycles. The van der Waals surface area contributed by atoms with Gasteiger partial charge in [0.15, 0.2) is 0 Å². The monoisotopic (exact) mass is 285 g/mol. The summed E-state index contributed by atoms with van der Waals surface area (Å²) in [4.78, 5) is 0. The molecule has 0 aliphatic rings. The molecule has 4 nitrogen and oxygen atoms in total. The number of rotatable bonds is 0. The van der Waals surface area contributed by atoms with E-state index in [-0.39, 0.29) is 57.8 Å². The van der Waals surface area contributed by atoms with Crippen LogP contribution < -0.4 is 18.9 Å². The summed E-state index contributed by atoms with van der Waals surface area (Å²) in [5, 5.41) is 0. The predicted molar refractivity (Wildman–Crippen MR) is 6.92 cm³/mol. The SMILES string of the molecule is [H-].[Li+].[Mo].[Ni].[O]=[Mn](=[O])([OH])[OH]. The van der Waals surface area contributed by atoms with Crippen molar-refractivity contribution in [1.82, 2.24) is 0 Å². The van der Waals surface area contributed by atoms with E-state index < -0.39 is 13.4 Å². The average molecular weight is 284 g/mol. The summed E-state index contributed by atoms with van der Waals surface area (Å²) in [6, 6.07) is 0. The average Bonchev–Trinajstić information content (AvgIpc) is 0.722. The summed E-state index contributed by atoms with van der Waals surface area (Å²) in [6.45, 7) is 0. The molecule has 0 amide bonds. The topological polar surface area (TPSA) is 74.6 Å². The molecule has 0 spiro atoms. The summed E-state index contributed by atoms with van der Waals surface area (Å²) in [6.07, 6.45) is 0. The Morgan fingerprint density at radius 1 is 1.25 bits per heavy atom. The Bertz CT molecular complexity index is 104. The van der Waals surface area contributed by atoms with E-state index in [9.17, 15) is 0 Å². The maximum atomic E-state index is 8.80. The molecule has 51 valence electrons. The molecule has 0 saturated carbocycles. The van der Waals surface area contributed by atoms with E-state index in [0.29, 0.717) is 0 Å². The maximum absolute atomic E-state index is 8.80. The number of hydrogen-bond acceptors (Lipinski definition) is 2. The third-order valence-electron chi connectivity index (χ3n) is 0. The summed E-state index contributed by atoms with van der Waals surface area (Å²) in [7, 11) is 0. The minimum atomic E-state index is -5.12. The zero-order valence-corrected chi connectivity index (χ0v) is 7.99. The molecule has 0 aromatic rings. The van der Waals surface area contributed by atoms with Gasteiger partial charge in [-0.05, 0) is 0 Å². The van der Waals surface area contributed by atoms with Crippen molar-refractivity contribution in [2.75, 3.05) is 0 Å². The summed E-state index contributed by atoms with van der Waals surface area (Å²) in [5.74, 6) is 0. The molecule has 0 fully saturated rings. The van der Waals surface area contributed by atoms with E-state index in [1.165, 1.54) is 0 Å². The van der Waals surface area contributed by atoms with Crippen LogP contribution in [0.3, 0.4) is 0 Å². The Balaban J connectivity index is -0.0000000133. The van der Waals surface area contributed by atoms with Gasteiger partial charge in [-0.1, -0.05) is 0 Å². The Hall–Kier alpha value is 1.82. The second kappa shape index (κ2) is 8.82. The molecule has 0 bridgehead atoms. The molecule has 0 unspecified atom stereocenters. The molecule has 0 atom stereocenters. The Morgan fingerprint density at radius 2 is 1.25 bits per heavy atom. The van der Waals surface area contributed by atoms with Crippen LogP contribution in [0.25, 0.3) is 0 Å². The zero-order chi connectivity index (χ0) is 4.50. The van der Waals surface area contributed by atoms with Crippen molar-refractivity contribution in [3.63, 3.8) is 0 Å². The molecule has 0 aromatic carbocycles. The first-order chi connectivity index (χ1) is 2.00. The van der Waals surface area contributed by atoms with E-state index >= 15 is 0 Å². The van der Waals surface area contributed by atoms with Crippen molar-refractivity contribution in [2.45, 2.75) is 0 Å². The number of hydrogen-bond donors (Lipinski definition) is 2. The molecule has 8 heavy (non-hydrogen) atoms.